The predicted molar refractivity (Wildman–Crippen MR) is 117 cm³/mol. The summed E-state index contributed by atoms with van der Waals surface area (Å²) in [5.41, 5.74) is 3.66. The zero-order valence-electron chi connectivity index (χ0n) is 19.0. The van der Waals surface area contributed by atoms with Crippen molar-refractivity contribution in [3.05, 3.63) is 35.9 Å². The van der Waals surface area contributed by atoms with Gasteiger partial charge in [0.1, 0.15) is 5.60 Å². The molecule has 0 aliphatic carbocycles. The van der Waals surface area contributed by atoms with Crippen LogP contribution in [0.2, 0.25) is 0 Å². The van der Waals surface area contributed by atoms with E-state index in [1.54, 1.807) is 4.90 Å². The monoisotopic (exact) mass is 432 g/mol. The number of benzene rings is 1. The molecule has 8 nitrogen and oxygen atoms in total. The maximum Gasteiger partial charge on any atom is 0.410 e. The quantitative estimate of drug-likeness (QED) is 0.526. The third kappa shape index (κ3) is 6.92. The second-order valence-corrected chi connectivity index (χ2v) is 9.29. The number of rotatable bonds is 7. The number of ether oxygens (including phenoxy) is 1. The summed E-state index contributed by atoms with van der Waals surface area (Å²) in [6.07, 6.45) is 5.13. The average molecular weight is 433 g/mol. The van der Waals surface area contributed by atoms with Crippen molar-refractivity contribution in [2.75, 3.05) is 19.6 Å². The second-order valence-electron chi connectivity index (χ2n) is 9.29. The highest BCUT2D eigenvalue weighted by Gasteiger charge is 2.35. The van der Waals surface area contributed by atoms with Gasteiger partial charge in [-0.05, 0) is 58.4 Å². The van der Waals surface area contributed by atoms with Gasteiger partial charge in [-0.2, -0.15) is 5.01 Å². The van der Waals surface area contributed by atoms with E-state index >= 15 is 0 Å². The first-order valence-electron chi connectivity index (χ1n) is 11.3. The summed E-state index contributed by atoms with van der Waals surface area (Å²) in [7, 11) is 0. The topological polar surface area (TPSA) is 74.4 Å². The Morgan fingerprint density at radius 3 is 2.48 bits per heavy atom. The van der Waals surface area contributed by atoms with E-state index in [2.05, 4.69) is 5.59 Å². The highest BCUT2D eigenvalue weighted by Crippen LogP contribution is 2.25. The lowest BCUT2D eigenvalue weighted by atomic mass is 10.0. The fourth-order valence-corrected chi connectivity index (χ4v) is 4.18. The first kappa shape index (κ1) is 23.5. The molecule has 0 saturated carbocycles. The molecule has 2 amide bonds. The summed E-state index contributed by atoms with van der Waals surface area (Å²) in [5.74, 6) is 0. The lowest BCUT2D eigenvalue weighted by Crippen LogP contribution is -2.60. The van der Waals surface area contributed by atoms with Gasteiger partial charge in [0.25, 0.3) is 0 Å². The van der Waals surface area contributed by atoms with Crippen molar-refractivity contribution in [2.45, 2.75) is 77.3 Å². The number of piperidine rings is 2. The minimum atomic E-state index is -0.503. The van der Waals surface area contributed by atoms with Gasteiger partial charge in [-0.25, -0.2) is 4.79 Å². The van der Waals surface area contributed by atoms with Crippen LogP contribution in [0.1, 0.15) is 58.4 Å². The van der Waals surface area contributed by atoms with Crippen LogP contribution in [0.3, 0.4) is 0 Å². The second kappa shape index (κ2) is 10.9. The molecule has 2 aliphatic heterocycles. The fraction of sp³-hybridized carbons (Fsp3) is 0.652. The first-order chi connectivity index (χ1) is 14.9. The van der Waals surface area contributed by atoms with Gasteiger partial charge in [0, 0.05) is 25.7 Å². The normalized spacial score (nSPS) is 21.0. The third-order valence-corrected chi connectivity index (χ3v) is 5.74. The minimum Gasteiger partial charge on any atom is -0.444 e. The van der Waals surface area contributed by atoms with E-state index in [4.69, 9.17) is 9.57 Å². The number of carbonyl (C=O) groups excluding carboxylic acids is 2. The summed E-state index contributed by atoms with van der Waals surface area (Å²) in [6.45, 7) is 8.08. The van der Waals surface area contributed by atoms with Gasteiger partial charge in [-0.15, -0.1) is 5.59 Å². The molecule has 172 valence electrons. The molecule has 0 spiro atoms. The number of amides is 2. The van der Waals surface area contributed by atoms with E-state index in [0.717, 1.165) is 50.6 Å². The highest BCUT2D eigenvalue weighted by molar-refractivity contribution is 5.68. The third-order valence-electron chi connectivity index (χ3n) is 5.74. The van der Waals surface area contributed by atoms with E-state index in [1.165, 1.54) is 0 Å². The van der Waals surface area contributed by atoms with Crippen LogP contribution in [0, 0.1) is 0 Å². The Labute approximate surface area is 185 Å². The van der Waals surface area contributed by atoms with E-state index < -0.39 is 5.60 Å². The molecule has 2 aliphatic rings. The molecular formula is C23H36N4O4. The fourth-order valence-electron chi connectivity index (χ4n) is 4.18. The van der Waals surface area contributed by atoms with Gasteiger partial charge in [-0.1, -0.05) is 30.3 Å². The Kier molecular flexibility index (Phi) is 8.28. The van der Waals surface area contributed by atoms with Gasteiger partial charge < -0.3 is 14.5 Å². The Hall–Kier alpha value is -2.16. The van der Waals surface area contributed by atoms with Crippen LogP contribution in [0.4, 0.5) is 4.79 Å². The molecular weight excluding hydrogens is 396 g/mol. The van der Waals surface area contributed by atoms with Gasteiger partial charge >= 0.3 is 6.09 Å². The van der Waals surface area contributed by atoms with E-state index in [-0.39, 0.29) is 18.3 Å². The number of carbonyl (C=O) groups is 2. The molecule has 1 atom stereocenters. The minimum absolute atomic E-state index is 0.0555. The highest BCUT2D eigenvalue weighted by atomic mass is 16.7. The lowest BCUT2D eigenvalue weighted by Gasteiger charge is -2.45. The number of nitrogens with zero attached hydrogens (tertiary/aromatic N) is 3. The van der Waals surface area contributed by atoms with Crippen molar-refractivity contribution in [3.63, 3.8) is 0 Å². The van der Waals surface area contributed by atoms with Crippen molar-refractivity contribution in [3.8, 4) is 0 Å². The van der Waals surface area contributed by atoms with Gasteiger partial charge in [0.2, 0.25) is 6.41 Å². The molecule has 2 heterocycles. The zero-order valence-corrected chi connectivity index (χ0v) is 19.0. The van der Waals surface area contributed by atoms with Crippen molar-refractivity contribution in [1.82, 2.24) is 20.4 Å². The van der Waals surface area contributed by atoms with Crippen LogP contribution in [0.5, 0.6) is 0 Å². The molecule has 3 rings (SSSR count). The predicted octanol–water partition coefficient (Wildman–Crippen LogP) is 3.29. The molecule has 1 aromatic rings. The van der Waals surface area contributed by atoms with Crippen LogP contribution in [0.15, 0.2) is 30.3 Å². The molecule has 0 radical (unpaired) electrons. The Bertz CT molecular complexity index is 701. The lowest BCUT2D eigenvalue weighted by molar-refractivity contribution is -0.166. The van der Waals surface area contributed by atoms with Crippen molar-refractivity contribution in [2.24, 2.45) is 0 Å². The van der Waals surface area contributed by atoms with Crippen LogP contribution in [-0.2, 0) is 21.0 Å². The van der Waals surface area contributed by atoms with Crippen molar-refractivity contribution in [1.29, 1.82) is 0 Å². The van der Waals surface area contributed by atoms with Crippen LogP contribution in [-0.4, -0.2) is 64.8 Å². The molecule has 2 saturated heterocycles. The van der Waals surface area contributed by atoms with Crippen molar-refractivity contribution < 1.29 is 19.2 Å². The molecule has 8 heteroatoms. The summed E-state index contributed by atoms with van der Waals surface area (Å²) in [5, 5.41) is 2.03. The molecule has 0 bridgehead atoms. The van der Waals surface area contributed by atoms with E-state index in [9.17, 15) is 9.59 Å². The summed E-state index contributed by atoms with van der Waals surface area (Å²) < 4.78 is 5.48. The van der Waals surface area contributed by atoms with Crippen LogP contribution >= 0.6 is 0 Å². The molecule has 1 N–H and O–H groups in total. The maximum atomic E-state index is 12.3. The number of nitrogens with one attached hydrogen (secondary N) is 1. The maximum absolute atomic E-state index is 12.3. The Balaban J connectivity index is 1.53. The average Bonchev–Trinajstić information content (AvgIpc) is 2.75. The SMILES string of the molecule is CC(C)(C)OC(=O)N1CCC(N(C=O)[C@@H]2CCCCN2NOCc2ccccc2)CC1. The van der Waals surface area contributed by atoms with E-state index in [1.807, 2.05) is 61.0 Å². The number of hydrogen-bond donors (Lipinski definition) is 1. The van der Waals surface area contributed by atoms with Crippen LogP contribution in [0.25, 0.3) is 0 Å². The summed E-state index contributed by atoms with van der Waals surface area (Å²) >= 11 is 0. The van der Waals surface area contributed by atoms with Crippen LogP contribution < -0.4 is 5.59 Å². The summed E-state index contributed by atoms with van der Waals surface area (Å²) in [4.78, 5) is 33.8. The number of hydrogen-bond acceptors (Lipinski definition) is 6. The molecule has 0 aromatic heterocycles. The van der Waals surface area contributed by atoms with E-state index in [0.29, 0.717) is 19.7 Å². The molecule has 1 aromatic carbocycles. The van der Waals surface area contributed by atoms with Gasteiger partial charge in [0.15, 0.2) is 0 Å². The van der Waals surface area contributed by atoms with Gasteiger partial charge in [0.05, 0.1) is 12.8 Å². The largest absolute Gasteiger partial charge is 0.444 e. The number of hydrazine groups is 1. The molecule has 0 unspecified atom stereocenters. The van der Waals surface area contributed by atoms with Crippen molar-refractivity contribution >= 4 is 12.5 Å². The Morgan fingerprint density at radius 1 is 1.13 bits per heavy atom. The molecule has 2 fully saturated rings. The number of likely N-dealkylation sites (tertiary alicyclic amines) is 1. The molecule has 31 heavy (non-hydrogen) atoms. The Morgan fingerprint density at radius 2 is 1.84 bits per heavy atom. The first-order valence-corrected chi connectivity index (χ1v) is 11.3. The smallest absolute Gasteiger partial charge is 0.410 e. The van der Waals surface area contributed by atoms with Gasteiger partial charge in [-0.3, -0.25) is 9.63 Å². The standard InChI is InChI=1S/C23H36N4O4/c1-23(2,3)31-22(29)25-15-12-20(13-16-25)26(18-28)21-11-7-8-14-27(21)24-30-17-19-9-5-4-6-10-19/h4-6,9-10,18,20-21,24H,7-8,11-17H2,1-3H3/t21-/m0/s1. The zero-order chi connectivity index (χ0) is 22.3. The summed E-state index contributed by atoms with van der Waals surface area (Å²) in [6, 6.07) is 10.1.